The Balaban J connectivity index is 0.00000625. The minimum atomic E-state index is -0.362. The lowest BCUT2D eigenvalue weighted by atomic mass is 9.89. The number of Topliss-reactive ketones (excluding diaryl/α,β-unsaturated/α-hetero) is 1. The largest absolute Gasteiger partial charge is 1.00 e. The molecule has 0 saturated carbocycles. The molecule has 2 aromatic carbocycles. The number of aryl methyl sites for hydroxylation is 2. The number of nitrogens with zero attached hydrogens (tertiary/aromatic N) is 3. The van der Waals surface area contributed by atoms with Crippen LogP contribution in [-0.4, -0.2) is 79.1 Å². The van der Waals surface area contributed by atoms with Gasteiger partial charge in [0, 0.05) is 37.3 Å². The number of nitrogens with one attached hydrogen (secondary N) is 1. The van der Waals surface area contributed by atoms with Crippen LogP contribution in [0.4, 0.5) is 11.6 Å². The monoisotopic (exact) mass is 700 g/mol. The lowest BCUT2D eigenvalue weighted by Crippen LogP contribution is -3.00. The Morgan fingerprint density at radius 2 is 1.56 bits per heavy atom. The number of ketones is 1. The van der Waals surface area contributed by atoms with E-state index < -0.39 is 0 Å². The van der Waals surface area contributed by atoms with Crippen molar-refractivity contribution in [1.82, 2.24) is 15.3 Å². The Morgan fingerprint density at radius 1 is 0.938 bits per heavy atom. The fourth-order valence-corrected chi connectivity index (χ4v) is 6.60. The SMILES string of the molecule is COC(=O)CCNC(=O)c1ccc(CCC[N+]2(CCCc3ccc(OC)cc3)CCCC(CC(=O)c3nc(Cl)c(N)nc3N)C2)cc1.[Cl-]. The van der Waals surface area contributed by atoms with Crippen molar-refractivity contribution in [3.8, 4) is 5.75 Å². The molecule has 0 bridgehead atoms. The number of anilines is 2. The molecule has 1 fully saturated rings. The minimum Gasteiger partial charge on any atom is -1.00 e. The van der Waals surface area contributed by atoms with Crippen LogP contribution >= 0.6 is 11.6 Å². The van der Waals surface area contributed by atoms with E-state index in [-0.39, 0.29) is 71.4 Å². The predicted molar refractivity (Wildman–Crippen MR) is 182 cm³/mol. The van der Waals surface area contributed by atoms with Crippen LogP contribution in [0, 0.1) is 5.92 Å². The molecule has 1 aliphatic rings. The molecule has 1 amide bonds. The second-order valence-electron chi connectivity index (χ2n) is 12.3. The molecule has 1 saturated heterocycles. The third kappa shape index (κ3) is 11.1. The Kier molecular flexibility index (Phi) is 14.9. The van der Waals surface area contributed by atoms with E-state index in [1.807, 2.05) is 36.4 Å². The van der Waals surface area contributed by atoms with E-state index in [0.717, 1.165) is 80.5 Å². The van der Waals surface area contributed by atoms with Gasteiger partial charge in [0.05, 0.1) is 46.8 Å². The summed E-state index contributed by atoms with van der Waals surface area (Å²) in [6.45, 7) is 4.19. The summed E-state index contributed by atoms with van der Waals surface area (Å²) in [7, 11) is 3.00. The van der Waals surface area contributed by atoms with Crippen LogP contribution in [0.25, 0.3) is 0 Å². The summed E-state index contributed by atoms with van der Waals surface area (Å²) in [5, 5.41) is 2.74. The molecule has 11 nitrogen and oxygen atoms in total. The molecule has 1 aromatic heterocycles. The van der Waals surface area contributed by atoms with Crippen LogP contribution in [0.2, 0.25) is 5.15 Å². The summed E-state index contributed by atoms with van der Waals surface area (Å²) in [5.74, 6) is 0.322. The fraction of sp³-hybridized carbons (Fsp3) is 0.457. The van der Waals surface area contributed by atoms with E-state index >= 15 is 0 Å². The standard InChI is InChI=1S/C35H45ClN6O5.ClH/c1-46-28-15-11-25(12-16-28)7-4-20-42(19-3-6-24-9-13-27(14-10-24)35(45)39-18-17-30(44)47-2)21-5-8-26(23-42)22-29(43)31-33(37)41-34(38)32(36)40-31;/h9-16,26H,3-8,17-23H2,1-2H3,(H4-,37,38,39,41,43,45);1H. The number of esters is 1. The molecule has 0 aliphatic carbocycles. The van der Waals surface area contributed by atoms with Gasteiger partial charge in [-0.2, -0.15) is 0 Å². The fourth-order valence-electron chi connectivity index (χ4n) is 6.47. The quantitative estimate of drug-likeness (QED) is 0.115. The van der Waals surface area contributed by atoms with Gasteiger partial charge < -0.3 is 43.1 Å². The van der Waals surface area contributed by atoms with Gasteiger partial charge in [0.15, 0.2) is 22.6 Å². The number of carbonyl (C=O) groups excluding carboxylic acids is 3. The van der Waals surface area contributed by atoms with Crippen LogP contribution in [0.1, 0.15) is 70.5 Å². The summed E-state index contributed by atoms with van der Waals surface area (Å²) >= 11 is 6.06. The van der Waals surface area contributed by atoms with Gasteiger partial charge in [-0.3, -0.25) is 14.4 Å². The third-order valence-corrected chi connectivity index (χ3v) is 9.22. The molecule has 2 unspecified atom stereocenters. The van der Waals surface area contributed by atoms with Crippen molar-refractivity contribution in [3.63, 3.8) is 0 Å². The summed E-state index contributed by atoms with van der Waals surface area (Å²) < 4.78 is 10.9. The molecule has 48 heavy (non-hydrogen) atoms. The number of aromatic nitrogens is 2. The summed E-state index contributed by atoms with van der Waals surface area (Å²) in [6.07, 6.45) is 6.30. The Labute approximate surface area is 293 Å². The molecule has 0 radical (unpaired) electrons. The average molecular weight is 702 g/mol. The van der Waals surface area contributed by atoms with Crippen LogP contribution in [0.3, 0.4) is 0 Å². The first kappa shape index (κ1) is 38.5. The number of likely N-dealkylation sites (tertiary alicyclic amines) is 1. The molecule has 13 heteroatoms. The lowest BCUT2D eigenvalue weighted by molar-refractivity contribution is -0.936. The molecule has 5 N–H and O–H groups in total. The molecule has 1 aliphatic heterocycles. The average Bonchev–Trinajstić information content (AvgIpc) is 3.07. The maximum atomic E-state index is 13.3. The number of hydrogen-bond donors (Lipinski definition) is 3. The maximum absolute atomic E-state index is 13.3. The molecule has 4 rings (SSSR count). The van der Waals surface area contributed by atoms with Gasteiger partial charge in [-0.05, 0) is 61.1 Å². The normalized spacial score (nSPS) is 17.2. The van der Waals surface area contributed by atoms with Gasteiger partial charge in [-0.15, -0.1) is 0 Å². The summed E-state index contributed by atoms with van der Waals surface area (Å²) in [5.41, 5.74) is 14.8. The van der Waals surface area contributed by atoms with Crippen molar-refractivity contribution < 1.29 is 40.7 Å². The molecular formula is C35H46Cl2N6O5. The van der Waals surface area contributed by atoms with Crippen LogP contribution in [0.15, 0.2) is 48.5 Å². The van der Waals surface area contributed by atoms with Crippen molar-refractivity contribution in [1.29, 1.82) is 0 Å². The van der Waals surface area contributed by atoms with Crippen molar-refractivity contribution in [3.05, 3.63) is 76.1 Å². The van der Waals surface area contributed by atoms with Gasteiger partial charge in [0.1, 0.15) is 11.4 Å². The van der Waals surface area contributed by atoms with E-state index in [1.165, 1.54) is 12.7 Å². The van der Waals surface area contributed by atoms with Gasteiger partial charge in [-0.25, -0.2) is 9.97 Å². The van der Waals surface area contributed by atoms with E-state index in [1.54, 1.807) is 7.11 Å². The van der Waals surface area contributed by atoms with Crippen LogP contribution in [-0.2, 0) is 22.4 Å². The summed E-state index contributed by atoms with van der Waals surface area (Å²) in [6, 6.07) is 15.9. The molecule has 2 atom stereocenters. The highest BCUT2D eigenvalue weighted by Crippen LogP contribution is 2.30. The highest BCUT2D eigenvalue weighted by molar-refractivity contribution is 6.31. The van der Waals surface area contributed by atoms with Crippen molar-refractivity contribution in [2.75, 3.05) is 58.4 Å². The van der Waals surface area contributed by atoms with Crippen molar-refractivity contribution in [2.45, 2.75) is 51.4 Å². The number of methoxy groups -OCH3 is 2. The minimum absolute atomic E-state index is 0. The van der Waals surface area contributed by atoms with E-state index in [2.05, 4.69) is 32.2 Å². The number of nitrogen functional groups attached to an aromatic ring is 2. The van der Waals surface area contributed by atoms with E-state index in [4.69, 9.17) is 27.8 Å². The third-order valence-electron chi connectivity index (χ3n) is 8.95. The van der Waals surface area contributed by atoms with Crippen LogP contribution in [0.5, 0.6) is 5.75 Å². The summed E-state index contributed by atoms with van der Waals surface area (Å²) in [4.78, 5) is 45.2. The second-order valence-corrected chi connectivity index (χ2v) is 12.7. The van der Waals surface area contributed by atoms with Crippen molar-refractivity contribution in [2.24, 2.45) is 5.92 Å². The number of quaternary nitrogens is 1. The predicted octanol–water partition coefficient (Wildman–Crippen LogP) is 1.67. The zero-order valence-corrected chi connectivity index (χ0v) is 29.2. The number of halogens is 2. The number of ether oxygens (including phenoxy) is 2. The number of benzene rings is 2. The first-order valence-corrected chi connectivity index (χ1v) is 16.5. The Morgan fingerprint density at radius 3 is 2.17 bits per heavy atom. The number of rotatable bonds is 16. The second kappa shape index (κ2) is 18.6. The van der Waals surface area contributed by atoms with Crippen LogP contribution < -0.4 is 33.9 Å². The smallest absolute Gasteiger partial charge is 0.307 e. The highest BCUT2D eigenvalue weighted by atomic mass is 35.5. The molecular weight excluding hydrogens is 655 g/mol. The number of amides is 1. The zero-order valence-electron chi connectivity index (χ0n) is 27.7. The molecule has 3 aromatic rings. The zero-order chi connectivity index (χ0) is 33.8. The van der Waals surface area contributed by atoms with Gasteiger partial charge in [0.25, 0.3) is 5.91 Å². The lowest BCUT2D eigenvalue weighted by Gasteiger charge is -2.45. The molecule has 260 valence electrons. The van der Waals surface area contributed by atoms with Gasteiger partial charge in [-0.1, -0.05) is 35.9 Å². The van der Waals surface area contributed by atoms with E-state index in [0.29, 0.717) is 12.0 Å². The van der Waals surface area contributed by atoms with E-state index in [9.17, 15) is 14.4 Å². The van der Waals surface area contributed by atoms with Gasteiger partial charge in [0.2, 0.25) is 0 Å². The first-order chi connectivity index (χ1) is 22.6. The molecule has 0 spiro atoms. The van der Waals surface area contributed by atoms with Crippen molar-refractivity contribution >= 4 is 40.9 Å². The highest BCUT2D eigenvalue weighted by Gasteiger charge is 2.36. The van der Waals surface area contributed by atoms with Gasteiger partial charge >= 0.3 is 5.97 Å². The number of nitrogens with two attached hydrogens (primary N) is 2. The topological polar surface area (TPSA) is 160 Å². The Hall–Kier alpha value is -3.93. The number of piperidine rings is 1. The first-order valence-electron chi connectivity index (χ1n) is 16.1. The maximum Gasteiger partial charge on any atom is 0.307 e. The Bertz CT molecular complexity index is 1520. The number of carbonyl (C=O) groups is 3. The molecule has 2 heterocycles. The number of hydrogen-bond acceptors (Lipinski definition) is 9.